The first-order valence-electron chi connectivity index (χ1n) is 18.2. The molecule has 5 atom stereocenters. The van der Waals surface area contributed by atoms with Crippen LogP contribution in [0.5, 0.6) is 0 Å². The molecule has 0 aromatic carbocycles. The zero-order valence-electron chi connectivity index (χ0n) is 30.2. The van der Waals surface area contributed by atoms with E-state index in [1.807, 2.05) is 20.8 Å². The molecule has 1 heterocycles. The Morgan fingerprint density at radius 1 is 0.894 bits per heavy atom. The highest BCUT2D eigenvalue weighted by molar-refractivity contribution is 5.82. The summed E-state index contributed by atoms with van der Waals surface area (Å²) >= 11 is 0. The Morgan fingerprint density at radius 2 is 1.53 bits per heavy atom. The smallest absolute Gasteiger partial charge is 0.315 e. The van der Waals surface area contributed by atoms with Gasteiger partial charge in [-0.15, -0.1) is 0 Å². The van der Waals surface area contributed by atoms with Crippen LogP contribution in [0.25, 0.3) is 0 Å². The molecule has 47 heavy (non-hydrogen) atoms. The van der Waals surface area contributed by atoms with E-state index in [0.717, 1.165) is 64.2 Å². The van der Waals surface area contributed by atoms with Gasteiger partial charge in [0.1, 0.15) is 6.10 Å². The van der Waals surface area contributed by atoms with E-state index in [9.17, 15) is 19.5 Å². The van der Waals surface area contributed by atoms with E-state index in [1.165, 1.54) is 19.3 Å². The molecule has 2 aliphatic rings. The van der Waals surface area contributed by atoms with E-state index >= 15 is 0 Å². The predicted octanol–water partition coefficient (Wildman–Crippen LogP) is 7.82. The van der Waals surface area contributed by atoms with Crippen LogP contribution >= 0.6 is 0 Å². The average Bonchev–Trinajstić information content (AvgIpc) is 3.01. The molecule has 5 unspecified atom stereocenters. The van der Waals surface area contributed by atoms with Crippen molar-refractivity contribution in [2.75, 3.05) is 13.2 Å². The molecule has 0 spiro atoms. The van der Waals surface area contributed by atoms with Gasteiger partial charge < -0.3 is 30.5 Å². The van der Waals surface area contributed by atoms with Gasteiger partial charge in [0.2, 0.25) is 5.91 Å². The number of amides is 3. The Hall–Kier alpha value is -2.65. The number of carboxylic acid groups (broad SMARTS) is 1. The number of ether oxygens (including phenoxy) is 2. The van der Waals surface area contributed by atoms with Crippen LogP contribution in [0, 0.1) is 17.3 Å². The Bertz CT molecular complexity index is 1040. The fourth-order valence-corrected chi connectivity index (χ4v) is 6.38. The van der Waals surface area contributed by atoms with Crippen molar-refractivity contribution in [2.24, 2.45) is 17.3 Å². The van der Waals surface area contributed by atoms with E-state index in [4.69, 9.17) is 9.47 Å². The van der Waals surface area contributed by atoms with Crippen molar-refractivity contribution in [2.45, 2.75) is 155 Å². The minimum absolute atomic E-state index is 0.0177. The third-order valence-electron chi connectivity index (χ3n) is 9.24. The molecule has 4 N–H and O–H groups in total. The van der Waals surface area contributed by atoms with Gasteiger partial charge in [0, 0.05) is 24.0 Å². The van der Waals surface area contributed by atoms with Crippen LogP contribution in [0.2, 0.25) is 0 Å². The van der Waals surface area contributed by atoms with Crippen LogP contribution in [-0.2, 0) is 19.1 Å². The summed E-state index contributed by atoms with van der Waals surface area (Å²) in [6, 6.07) is -0.490. The van der Waals surface area contributed by atoms with E-state index in [0.29, 0.717) is 13.0 Å². The summed E-state index contributed by atoms with van der Waals surface area (Å²) in [5.41, 5.74) is -0.553. The van der Waals surface area contributed by atoms with Crippen molar-refractivity contribution < 1.29 is 29.0 Å². The largest absolute Gasteiger partial charge is 0.481 e. The summed E-state index contributed by atoms with van der Waals surface area (Å²) in [4.78, 5) is 38.5. The van der Waals surface area contributed by atoms with E-state index < -0.39 is 29.2 Å². The summed E-state index contributed by atoms with van der Waals surface area (Å²) in [6.07, 6.45) is 26.8. The van der Waals surface area contributed by atoms with Crippen LogP contribution < -0.4 is 16.0 Å². The van der Waals surface area contributed by atoms with E-state index in [1.54, 1.807) is 13.8 Å². The molecular formula is C38H65N3O6. The lowest BCUT2D eigenvalue weighted by Crippen LogP contribution is -2.57. The Balaban J connectivity index is 1.71. The molecule has 0 bridgehead atoms. The summed E-state index contributed by atoms with van der Waals surface area (Å²) in [7, 11) is 0. The molecule has 1 saturated heterocycles. The van der Waals surface area contributed by atoms with Gasteiger partial charge in [0.25, 0.3) is 0 Å². The highest BCUT2D eigenvalue weighted by atomic mass is 16.7. The second-order valence-electron chi connectivity index (χ2n) is 14.6. The number of hydrogen-bond acceptors (Lipinski definition) is 5. The maximum Gasteiger partial charge on any atom is 0.315 e. The van der Waals surface area contributed by atoms with Gasteiger partial charge in [-0.1, -0.05) is 95.8 Å². The first-order valence-corrected chi connectivity index (χ1v) is 18.2. The third kappa shape index (κ3) is 15.9. The molecule has 9 nitrogen and oxygen atoms in total. The zero-order chi connectivity index (χ0) is 34.7. The maximum atomic E-state index is 13.2. The molecule has 2 fully saturated rings. The van der Waals surface area contributed by atoms with Crippen molar-refractivity contribution in [3.05, 3.63) is 36.5 Å². The number of nitrogens with one attached hydrogen (secondary N) is 3. The highest BCUT2D eigenvalue weighted by Gasteiger charge is 2.46. The van der Waals surface area contributed by atoms with Crippen molar-refractivity contribution in [1.82, 2.24) is 16.0 Å². The van der Waals surface area contributed by atoms with Crippen LogP contribution in [0.15, 0.2) is 36.5 Å². The second-order valence-corrected chi connectivity index (χ2v) is 14.6. The fourth-order valence-electron chi connectivity index (χ4n) is 6.38. The number of rotatable bonds is 20. The molecule has 1 aliphatic carbocycles. The lowest BCUT2D eigenvalue weighted by atomic mass is 9.76. The molecule has 0 aromatic heterocycles. The van der Waals surface area contributed by atoms with E-state index in [-0.39, 0.29) is 36.5 Å². The number of hydrogen-bond donors (Lipinski definition) is 4. The number of allylic oxidation sites excluding steroid dienone is 6. The fraction of sp³-hybridized carbons (Fsp3) is 0.763. The number of carboxylic acids is 1. The summed E-state index contributed by atoms with van der Waals surface area (Å²) < 4.78 is 11.6. The minimum atomic E-state index is -0.969. The molecule has 0 radical (unpaired) electrons. The molecule has 1 saturated carbocycles. The van der Waals surface area contributed by atoms with Gasteiger partial charge in [-0.25, -0.2) is 4.79 Å². The molecule has 0 aromatic rings. The highest BCUT2D eigenvalue weighted by Crippen LogP contribution is 2.35. The summed E-state index contributed by atoms with van der Waals surface area (Å²) in [5.74, 6) is -3.30. The molecule has 1 aliphatic heterocycles. The normalized spacial score (nSPS) is 23.9. The van der Waals surface area contributed by atoms with Gasteiger partial charge in [0.15, 0.2) is 5.79 Å². The zero-order valence-corrected chi connectivity index (χ0v) is 30.2. The number of urea groups is 1. The molecule has 3 amide bonds. The lowest BCUT2D eigenvalue weighted by Gasteiger charge is -2.45. The number of carbonyl (C=O) groups is 3. The SMILES string of the molecule is CCCC=CCC=CCC=CCCCCCCC(C)NC(=O)NC1CCCCC1C(CNC(=O)C1OC(C)(C)OCC1(C)C)C(=O)O. The summed E-state index contributed by atoms with van der Waals surface area (Å²) in [5, 5.41) is 19.1. The predicted molar refractivity (Wildman–Crippen MR) is 189 cm³/mol. The topological polar surface area (TPSA) is 126 Å². The van der Waals surface area contributed by atoms with Gasteiger partial charge in [-0.05, 0) is 78.1 Å². The Labute approximate surface area is 284 Å². The standard InChI is InChI=1S/C38H65N3O6/c1-7-8-9-10-11-12-13-14-15-16-17-18-19-20-21-24-29(2)40-36(45)41-32-26-23-22-25-30(32)31(35(43)44)27-39-34(42)33-37(3,4)28-46-38(5,6)47-33/h9-10,12-13,15-16,29-33H,7-8,11,14,17-28H2,1-6H3,(H,39,42)(H,43,44)(H2,40,41,45). The molecule has 9 heteroatoms. The molecule has 268 valence electrons. The maximum absolute atomic E-state index is 13.2. The average molecular weight is 660 g/mol. The van der Waals surface area contributed by atoms with Gasteiger partial charge in [0.05, 0.1) is 12.5 Å². The third-order valence-corrected chi connectivity index (χ3v) is 9.24. The Kier molecular flexibility index (Phi) is 18.4. The quantitative estimate of drug-likeness (QED) is 0.0780. The molecule has 2 rings (SSSR count). The van der Waals surface area contributed by atoms with Crippen molar-refractivity contribution in [1.29, 1.82) is 0 Å². The van der Waals surface area contributed by atoms with Crippen LogP contribution in [0.3, 0.4) is 0 Å². The van der Waals surface area contributed by atoms with Crippen molar-refractivity contribution in [3.63, 3.8) is 0 Å². The lowest BCUT2D eigenvalue weighted by molar-refractivity contribution is -0.304. The van der Waals surface area contributed by atoms with Crippen LogP contribution in [-0.4, -0.2) is 60.1 Å². The molecular weight excluding hydrogens is 594 g/mol. The van der Waals surface area contributed by atoms with Gasteiger partial charge in [-0.3, -0.25) is 9.59 Å². The van der Waals surface area contributed by atoms with Crippen LogP contribution in [0.4, 0.5) is 4.79 Å². The number of unbranched alkanes of at least 4 members (excludes halogenated alkanes) is 5. The summed E-state index contributed by atoms with van der Waals surface area (Å²) in [6.45, 7) is 11.9. The minimum Gasteiger partial charge on any atom is -0.481 e. The first-order chi connectivity index (χ1) is 22.4. The van der Waals surface area contributed by atoms with E-state index in [2.05, 4.69) is 59.3 Å². The monoisotopic (exact) mass is 659 g/mol. The Morgan fingerprint density at radius 3 is 2.21 bits per heavy atom. The van der Waals surface area contributed by atoms with Crippen molar-refractivity contribution >= 4 is 17.9 Å². The van der Waals surface area contributed by atoms with Gasteiger partial charge >= 0.3 is 12.0 Å². The number of aliphatic carboxylic acids is 1. The van der Waals surface area contributed by atoms with Gasteiger partial charge in [-0.2, -0.15) is 0 Å². The van der Waals surface area contributed by atoms with Crippen molar-refractivity contribution in [3.8, 4) is 0 Å². The number of carbonyl (C=O) groups excluding carboxylic acids is 2. The first kappa shape index (κ1) is 40.5. The van der Waals surface area contributed by atoms with Crippen LogP contribution in [0.1, 0.15) is 131 Å². The second kappa shape index (κ2) is 21.3.